The van der Waals surface area contributed by atoms with Crippen LogP contribution in [0.5, 0.6) is 5.75 Å². The maximum atomic E-state index is 6.21. The predicted octanol–water partition coefficient (Wildman–Crippen LogP) is 5.28. The molecule has 0 spiro atoms. The summed E-state index contributed by atoms with van der Waals surface area (Å²) in [5.41, 5.74) is 1.88. The van der Waals surface area contributed by atoms with Crippen molar-refractivity contribution >= 4 is 35.8 Å². The van der Waals surface area contributed by atoms with Crippen molar-refractivity contribution in [1.82, 2.24) is 25.5 Å². The number of methoxy groups -OCH3 is 1. The zero-order valence-electron chi connectivity index (χ0n) is 17.4. The molecule has 32 heavy (non-hydrogen) atoms. The zero-order chi connectivity index (χ0) is 21.5. The number of thioether (sulfide) groups is 1. The minimum Gasteiger partial charge on any atom is -0.495 e. The van der Waals surface area contributed by atoms with E-state index in [0.29, 0.717) is 17.3 Å². The first-order valence-electron chi connectivity index (χ1n) is 9.84. The van der Waals surface area contributed by atoms with E-state index in [-0.39, 0.29) is 12.4 Å². The van der Waals surface area contributed by atoms with Crippen molar-refractivity contribution in [3.8, 4) is 22.8 Å². The van der Waals surface area contributed by atoms with Crippen molar-refractivity contribution in [3.05, 3.63) is 71.4 Å². The first kappa shape index (κ1) is 24.1. The Bertz CT molecular complexity index is 1120. The number of ether oxygens (including phenoxy) is 1. The Morgan fingerprint density at radius 1 is 1.12 bits per heavy atom. The van der Waals surface area contributed by atoms with Crippen LogP contribution in [0.25, 0.3) is 17.0 Å². The Kier molecular flexibility index (Phi) is 8.99. The fourth-order valence-corrected chi connectivity index (χ4v) is 4.11. The highest BCUT2D eigenvalue weighted by molar-refractivity contribution is 7.99. The average molecular weight is 492 g/mol. The number of tetrazole rings is 1. The number of para-hydroxylation sites is 1. The second-order valence-electron chi connectivity index (χ2n) is 6.70. The van der Waals surface area contributed by atoms with Crippen LogP contribution in [0.1, 0.15) is 12.2 Å². The normalized spacial score (nSPS) is 10.7. The molecular weight excluding hydrogens is 469 g/mol. The smallest absolute Gasteiger partial charge is 0.214 e. The lowest BCUT2D eigenvalue weighted by Gasteiger charge is -2.05. The Balaban J connectivity index is 0.00000289. The molecule has 2 aromatic carbocycles. The van der Waals surface area contributed by atoms with Gasteiger partial charge in [-0.2, -0.15) is 4.68 Å². The lowest BCUT2D eigenvalue weighted by atomic mass is 10.2. The van der Waals surface area contributed by atoms with Crippen LogP contribution in [0, 0.1) is 0 Å². The standard InChI is InChI=1S/C22H22ClN5O2S.ClH/c1-29-21-10-8-16(14-19(21)23)20-11-9-18(30-20)15-24-12-5-13-31-22-25-26-27-28(22)17-6-3-2-4-7-17;/h2-4,6-11,14,24H,5,12-13,15H2,1H3;1H. The first-order chi connectivity index (χ1) is 15.2. The lowest BCUT2D eigenvalue weighted by molar-refractivity contribution is 0.415. The molecule has 2 aromatic heterocycles. The number of nitrogens with one attached hydrogen (secondary N) is 1. The second kappa shape index (κ2) is 11.9. The lowest BCUT2D eigenvalue weighted by Crippen LogP contribution is -2.14. The highest BCUT2D eigenvalue weighted by Crippen LogP contribution is 2.31. The third-order valence-corrected chi connectivity index (χ3v) is 5.87. The fourth-order valence-electron chi connectivity index (χ4n) is 3.02. The van der Waals surface area contributed by atoms with Crippen molar-refractivity contribution in [3.63, 3.8) is 0 Å². The van der Waals surface area contributed by atoms with Crippen molar-refractivity contribution in [2.24, 2.45) is 0 Å². The molecule has 0 aliphatic heterocycles. The van der Waals surface area contributed by atoms with Crippen molar-refractivity contribution < 1.29 is 9.15 Å². The molecule has 0 aliphatic carbocycles. The predicted molar refractivity (Wildman–Crippen MR) is 129 cm³/mol. The van der Waals surface area contributed by atoms with Gasteiger partial charge >= 0.3 is 0 Å². The van der Waals surface area contributed by atoms with Crippen LogP contribution in [-0.2, 0) is 6.54 Å². The zero-order valence-corrected chi connectivity index (χ0v) is 19.8. The molecule has 168 valence electrons. The second-order valence-corrected chi connectivity index (χ2v) is 8.17. The van der Waals surface area contributed by atoms with Gasteiger partial charge in [0.25, 0.3) is 0 Å². The first-order valence-corrected chi connectivity index (χ1v) is 11.2. The van der Waals surface area contributed by atoms with Gasteiger partial charge in [0.05, 0.1) is 24.4 Å². The molecule has 0 unspecified atom stereocenters. The molecule has 2 heterocycles. The Morgan fingerprint density at radius 2 is 1.97 bits per heavy atom. The van der Waals surface area contributed by atoms with Crippen LogP contribution in [0.2, 0.25) is 5.02 Å². The molecule has 0 saturated heterocycles. The van der Waals surface area contributed by atoms with E-state index in [1.165, 1.54) is 0 Å². The summed E-state index contributed by atoms with van der Waals surface area (Å²) in [7, 11) is 1.60. The molecule has 0 bridgehead atoms. The maximum absolute atomic E-state index is 6.21. The Labute approximate surface area is 201 Å². The average Bonchev–Trinajstić information content (AvgIpc) is 3.46. The number of benzene rings is 2. The largest absolute Gasteiger partial charge is 0.495 e. The summed E-state index contributed by atoms with van der Waals surface area (Å²) >= 11 is 7.85. The van der Waals surface area contributed by atoms with Gasteiger partial charge in [-0.25, -0.2) is 0 Å². The van der Waals surface area contributed by atoms with Crippen LogP contribution >= 0.6 is 35.8 Å². The minimum atomic E-state index is 0. The molecule has 0 fully saturated rings. The van der Waals surface area contributed by atoms with Gasteiger partial charge in [0.2, 0.25) is 5.16 Å². The third-order valence-electron chi connectivity index (χ3n) is 4.57. The fraction of sp³-hybridized carbons (Fsp3) is 0.227. The van der Waals surface area contributed by atoms with E-state index < -0.39 is 0 Å². The van der Waals surface area contributed by atoms with Crippen molar-refractivity contribution in [2.45, 2.75) is 18.1 Å². The molecule has 7 nitrogen and oxygen atoms in total. The number of nitrogens with zero attached hydrogens (tertiary/aromatic N) is 4. The highest BCUT2D eigenvalue weighted by Gasteiger charge is 2.09. The van der Waals surface area contributed by atoms with Gasteiger partial charge in [-0.1, -0.05) is 41.6 Å². The molecule has 0 aliphatic rings. The van der Waals surface area contributed by atoms with Crippen molar-refractivity contribution in [1.29, 1.82) is 0 Å². The number of aromatic nitrogens is 4. The number of hydrogen-bond acceptors (Lipinski definition) is 7. The number of furan rings is 1. The van der Waals surface area contributed by atoms with E-state index in [9.17, 15) is 0 Å². The molecule has 0 radical (unpaired) electrons. The van der Waals surface area contributed by atoms with Gasteiger partial charge in [-0.15, -0.1) is 17.5 Å². The summed E-state index contributed by atoms with van der Waals surface area (Å²) in [6.07, 6.45) is 0.980. The van der Waals surface area contributed by atoms with E-state index in [0.717, 1.165) is 46.6 Å². The topological polar surface area (TPSA) is 78.0 Å². The van der Waals surface area contributed by atoms with Crippen molar-refractivity contribution in [2.75, 3.05) is 19.4 Å². The van der Waals surface area contributed by atoms with E-state index in [2.05, 4.69) is 20.8 Å². The van der Waals surface area contributed by atoms with E-state index in [4.69, 9.17) is 20.8 Å². The van der Waals surface area contributed by atoms with Gasteiger partial charge in [0.15, 0.2) is 0 Å². The highest BCUT2D eigenvalue weighted by atomic mass is 35.5. The summed E-state index contributed by atoms with van der Waals surface area (Å²) in [6.45, 7) is 1.53. The van der Waals surface area contributed by atoms with E-state index in [1.54, 1.807) is 23.6 Å². The number of rotatable bonds is 10. The quantitative estimate of drug-likeness (QED) is 0.238. The summed E-state index contributed by atoms with van der Waals surface area (Å²) in [4.78, 5) is 0. The summed E-state index contributed by atoms with van der Waals surface area (Å²) in [5.74, 6) is 3.22. The molecule has 10 heteroatoms. The van der Waals surface area contributed by atoms with E-state index >= 15 is 0 Å². The van der Waals surface area contributed by atoms with Crippen LogP contribution in [0.4, 0.5) is 0 Å². The third kappa shape index (κ3) is 6.04. The molecule has 4 rings (SSSR count). The molecule has 0 saturated carbocycles. The Morgan fingerprint density at radius 3 is 2.75 bits per heavy atom. The van der Waals surface area contributed by atoms with Gasteiger partial charge < -0.3 is 14.5 Å². The molecule has 0 amide bonds. The summed E-state index contributed by atoms with van der Waals surface area (Å²) in [6, 6.07) is 19.4. The van der Waals surface area contributed by atoms with Gasteiger partial charge in [-0.05, 0) is 65.9 Å². The molecule has 4 aromatic rings. The maximum Gasteiger partial charge on any atom is 0.214 e. The van der Waals surface area contributed by atoms with Crippen LogP contribution < -0.4 is 10.1 Å². The summed E-state index contributed by atoms with van der Waals surface area (Å²) in [5, 5.41) is 16.8. The molecular formula is C22H23Cl2N5O2S. The van der Waals surface area contributed by atoms with Gasteiger partial charge in [0, 0.05) is 11.3 Å². The van der Waals surface area contributed by atoms with Crippen LogP contribution in [0.15, 0.2) is 70.2 Å². The molecule has 1 N–H and O–H groups in total. The SMILES string of the molecule is COc1ccc(-c2ccc(CNCCCSc3nnnn3-c3ccccc3)o2)cc1Cl.Cl. The molecule has 0 atom stereocenters. The van der Waals surface area contributed by atoms with Crippen LogP contribution in [0.3, 0.4) is 0 Å². The van der Waals surface area contributed by atoms with Gasteiger partial charge in [-0.3, -0.25) is 0 Å². The number of halogens is 2. The van der Waals surface area contributed by atoms with E-state index in [1.807, 2.05) is 60.7 Å². The monoisotopic (exact) mass is 491 g/mol. The summed E-state index contributed by atoms with van der Waals surface area (Å²) < 4.78 is 12.9. The van der Waals surface area contributed by atoms with Gasteiger partial charge in [0.1, 0.15) is 17.3 Å². The minimum absolute atomic E-state index is 0. The number of hydrogen-bond donors (Lipinski definition) is 1. The van der Waals surface area contributed by atoms with Crippen LogP contribution in [-0.4, -0.2) is 39.6 Å². The Hall–Kier alpha value is -2.52.